The largest absolute Gasteiger partial charge is 0.493 e. The lowest BCUT2D eigenvalue weighted by atomic mass is 10.1. The number of halogens is 1. The monoisotopic (exact) mass is 463 g/mol. The second-order valence-corrected chi connectivity index (χ2v) is 8.44. The maximum atomic E-state index is 12.2. The molecule has 0 aliphatic carbocycles. The Hall–Kier alpha value is -2.42. The van der Waals surface area contributed by atoms with Crippen LogP contribution in [0.3, 0.4) is 0 Å². The van der Waals surface area contributed by atoms with E-state index in [2.05, 4.69) is 4.99 Å². The molecular formula is C21H18ClNO5S2. The summed E-state index contributed by atoms with van der Waals surface area (Å²) >= 11 is 8.08. The number of nitrogens with zero attached hydrogens (tertiary/aromatic N) is 1. The van der Waals surface area contributed by atoms with Gasteiger partial charge in [-0.25, -0.2) is 9.79 Å². The summed E-state index contributed by atoms with van der Waals surface area (Å²) in [5.41, 5.74) is 1.83. The van der Waals surface area contributed by atoms with E-state index in [1.807, 2.05) is 30.3 Å². The topological polar surface area (TPSA) is 74.2 Å². The molecule has 0 bridgehead atoms. The molecule has 0 radical (unpaired) electrons. The molecule has 0 saturated heterocycles. The summed E-state index contributed by atoms with van der Waals surface area (Å²) in [5.74, 6) is 0.854. The molecule has 1 aliphatic rings. The third-order valence-corrected chi connectivity index (χ3v) is 5.81. The summed E-state index contributed by atoms with van der Waals surface area (Å²) in [5, 5.41) is -0.413. The molecule has 0 amide bonds. The maximum absolute atomic E-state index is 12.2. The van der Waals surface area contributed by atoms with Crippen LogP contribution in [0.5, 0.6) is 11.5 Å². The standard InChI is InChI=1S/C21H18ClNO5S2/c1-3-27-21(25)30-20-23-16(19(24)29-20)10-14-9-15(22)18(17(11-14)26-2)28-12-13-7-5-4-6-8-13/h4-11H,3,12H2,1-2H3/b16-10-. The highest BCUT2D eigenvalue weighted by Gasteiger charge is 2.25. The molecule has 0 atom stereocenters. The lowest BCUT2D eigenvalue weighted by Gasteiger charge is -2.13. The van der Waals surface area contributed by atoms with E-state index >= 15 is 0 Å². The Morgan fingerprint density at radius 2 is 2.03 bits per heavy atom. The lowest BCUT2D eigenvalue weighted by Crippen LogP contribution is -1.99. The first-order valence-electron chi connectivity index (χ1n) is 8.91. The van der Waals surface area contributed by atoms with Crippen molar-refractivity contribution < 1.29 is 23.8 Å². The van der Waals surface area contributed by atoms with E-state index in [9.17, 15) is 9.59 Å². The molecule has 1 heterocycles. The first-order valence-corrected chi connectivity index (χ1v) is 10.9. The zero-order valence-electron chi connectivity index (χ0n) is 16.2. The summed E-state index contributed by atoms with van der Waals surface area (Å²) in [6.07, 6.45) is 1.59. The number of carbonyl (C=O) groups is 2. The number of rotatable bonds is 6. The van der Waals surface area contributed by atoms with Crippen LogP contribution in [-0.4, -0.2) is 28.5 Å². The molecule has 0 aromatic heterocycles. The molecule has 3 rings (SSSR count). The Labute approximate surface area is 187 Å². The summed E-state index contributed by atoms with van der Waals surface area (Å²) in [4.78, 5) is 28.0. The van der Waals surface area contributed by atoms with E-state index in [0.29, 0.717) is 33.1 Å². The van der Waals surface area contributed by atoms with Gasteiger partial charge in [0.1, 0.15) is 16.7 Å². The van der Waals surface area contributed by atoms with Gasteiger partial charge >= 0.3 is 5.30 Å². The third kappa shape index (κ3) is 5.81. The second kappa shape index (κ2) is 10.6. The maximum Gasteiger partial charge on any atom is 0.374 e. The summed E-state index contributed by atoms with van der Waals surface area (Å²) in [6.45, 7) is 2.31. The fraction of sp³-hybridized carbons (Fsp3) is 0.190. The SMILES string of the molecule is CCOC(=O)SC1=N/C(=C\c2cc(Cl)c(OCc3ccccc3)c(OC)c2)C(=O)S1. The van der Waals surface area contributed by atoms with Crippen molar-refractivity contribution in [3.05, 3.63) is 64.3 Å². The van der Waals surface area contributed by atoms with Crippen molar-refractivity contribution >= 4 is 56.0 Å². The van der Waals surface area contributed by atoms with Crippen LogP contribution in [-0.2, 0) is 16.1 Å². The highest BCUT2D eigenvalue weighted by Crippen LogP contribution is 2.38. The van der Waals surface area contributed by atoms with Gasteiger partial charge in [-0.1, -0.05) is 41.9 Å². The van der Waals surface area contributed by atoms with Crippen molar-refractivity contribution in [2.75, 3.05) is 13.7 Å². The summed E-state index contributed by atoms with van der Waals surface area (Å²) < 4.78 is 16.4. The molecule has 1 aliphatic heterocycles. The van der Waals surface area contributed by atoms with E-state index in [0.717, 1.165) is 29.1 Å². The second-order valence-electron chi connectivity index (χ2n) is 5.89. The van der Waals surface area contributed by atoms with Gasteiger partial charge in [-0.2, -0.15) is 0 Å². The van der Waals surface area contributed by atoms with Crippen LogP contribution in [0.2, 0.25) is 5.02 Å². The van der Waals surface area contributed by atoms with Crippen LogP contribution in [0.4, 0.5) is 4.79 Å². The Balaban J connectivity index is 1.79. The van der Waals surface area contributed by atoms with Gasteiger partial charge in [0, 0.05) is 11.8 Å². The molecule has 6 nitrogen and oxygen atoms in total. The van der Waals surface area contributed by atoms with Crippen LogP contribution >= 0.6 is 35.1 Å². The van der Waals surface area contributed by atoms with E-state index in [1.54, 1.807) is 25.1 Å². The van der Waals surface area contributed by atoms with Gasteiger partial charge < -0.3 is 14.2 Å². The fourth-order valence-corrected chi connectivity index (χ4v) is 4.35. The first kappa shape index (κ1) is 22.3. The smallest absolute Gasteiger partial charge is 0.374 e. The van der Waals surface area contributed by atoms with E-state index in [-0.39, 0.29) is 17.4 Å². The molecule has 0 fully saturated rings. The average Bonchev–Trinajstić information content (AvgIpc) is 3.06. The number of aliphatic imine (C=N–C) groups is 1. The van der Waals surface area contributed by atoms with Crippen LogP contribution in [0, 0.1) is 0 Å². The zero-order valence-corrected chi connectivity index (χ0v) is 18.6. The van der Waals surface area contributed by atoms with Crippen LogP contribution in [0.15, 0.2) is 53.2 Å². The molecule has 0 saturated carbocycles. The fourth-order valence-electron chi connectivity index (χ4n) is 2.50. The van der Waals surface area contributed by atoms with E-state index < -0.39 is 5.30 Å². The normalized spacial score (nSPS) is 14.6. The molecule has 30 heavy (non-hydrogen) atoms. The van der Waals surface area contributed by atoms with Gasteiger partial charge in [0.25, 0.3) is 0 Å². The molecule has 0 unspecified atom stereocenters. The van der Waals surface area contributed by atoms with Crippen LogP contribution in [0.1, 0.15) is 18.1 Å². The minimum Gasteiger partial charge on any atom is -0.493 e. The highest BCUT2D eigenvalue weighted by molar-refractivity contribution is 8.49. The van der Waals surface area contributed by atoms with Crippen molar-refractivity contribution in [3.8, 4) is 11.5 Å². The van der Waals surface area contributed by atoms with E-state index in [4.69, 9.17) is 25.8 Å². The number of hydrogen-bond donors (Lipinski definition) is 0. The van der Waals surface area contributed by atoms with Gasteiger partial charge in [0.05, 0.1) is 18.7 Å². The highest BCUT2D eigenvalue weighted by atomic mass is 35.5. The Morgan fingerprint density at radius 3 is 2.73 bits per heavy atom. The average molecular weight is 464 g/mol. The number of thioether (sulfide) groups is 2. The predicted octanol–water partition coefficient (Wildman–Crippen LogP) is 5.79. The van der Waals surface area contributed by atoms with Gasteiger partial charge in [-0.05, 0) is 48.0 Å². The molecule has 2 aromatic rings. The number of methoxy groups -OCH3 is 1. The van der Waals surface area contributed by atoms with Crippen LogP contribution < -0.4 is 9.47 Å². The molecule has 0 N–H and O–H groups in total. The number of benzene rings is 2. The minimum atomic E-state index is -0.498. The van der Waals surface area contributed by atoms with Gasteiger partial charge in [-0.15, -0.1) is 0 Å². The zero-order chi connectivity index (χ0) is 21.5. The minimum absolute atomic E-state index is 0.211. The van der Waals surface area contributed by atoms with Crippen molar-refractivity contribution in [2.45, 2.75) is 13.5 Å². The van der Waals surface area contributed by atoms with Crippen LogP contribution in [0.25, 0.3) is 6.08 Å². The van der Waals surface area contributed by atoms with Gasteiger partial charge in [0.2, 0.25) is 5.12 Å². The molecule has 9 heteroatoms. The summed E-state index contributed by atoms with van der Waals surface area (Å²) in [7, 11) is 1.51. The van der Waals surface area contributed by atoms with Crippen molar-refractivity contribution in [1.29, 1.82) is 0 Å². The quantitative estimate of drug-likeness (QED) is 0.396. The van der Waals surface area contributed by atoms with Crippen molar-refractivity contribution in [3.63, 3.8) is 0 Å². The third-order valence-electron chi connectivity index (χ3n) is 3.81. The summed E-state index contributed by atoms with van der Waals surface area (Å²) in [6, 6.07) is 13.1. The first-order chi connectivity index (χ1) is 14.5. The Bertz CT molecular complexity index is 1010. The van der Waals surface area contributed by atoms with Crippen molar-refractivity contribution in [1.82, 2.24) is 0 Å². The molecule has 2 aromatic carbocycles. The van der Waals surface area contributed by atoms with Crippen molar-refractivity contribution in [2.24, 2.45) is 4.99 Å². The van der Waals surface area contributed by atoms with E-state index in [1.165, 1.54) is 7.11 Å². The number of hydrogen-bond acceptors (Lipinski definition) is 8. The molecule has 156 valence electrons. The Morgan fingerprint density at radius 1 is 1.27 bits per heavy atom. The lowest BCUT2D eigenvalue weighted by molar-refractivity contribution is -0.107. The predicted molar refractivity (Wildman–Crippen MR) is 121 cm³/mol. The van der Waals surface area contributed by atoms with Gasteiger partial charge in [0.15, 0.2) is 11.5 Å². The molecular weight excluding hydrogens is 446 g/mol. The van der Waals surface area contributed by atoms with Gasteiger partial charge in [-0.3, -0.25) is 4.79 Å². The Kier molecular flexibility index (Phi) is 7.84. The number of ether oxygens (including phenoxy) is 3. The number of carbonyl (C=O) groups excluding carboxylic acids is 2. The molecule has 0 spiro atoms.